The summed E-state index contributed by atoms with van der Waals surface area (Å²) in [4.78, 5) is 0. The molecule has 0 radical (unpaired) electrons. The van der Waals surface area contributed by atoms with Crippen molar-refractivity contribution in [3.8, 4) is 0 Å². The van der Waals surface area contributed by atoms with E-state index in [0.717, 1.165) is 5.56 Å². The van der Waals surface area contributed by atoms with E-state index < -0.39 is 0 Å². The second-order valence-corrected chi connectivity index (χ2v) is 2.94. The second kappa shape index (κ2) is 5.70. The van der Waals surface area contributed by atoms with Gasteiger partial charge < -0.3 is 16.2 Å². The van der Waals surface area contributed by atoms with E-state index in [0.29, 0.717) is 13.1 Å². The Labute approximate surface area is 78.6 Å². The lowest BCUT2D eigenvalue weighted by molar-refractivity contribution is 0.291. The summed E-state index contributed by atoms with van der Waals surface area (Å²) in [6, 6.07) is 9.93. The summed E-state index contributed by atoms with van der Waals surface area (Å²) in [5.41, 5.74) is 7.01. The van der Waals surface area contributed by atoms with Crippen molar-refractivity contribution in [2.24, 2.45) is 5.73 Å². The Morgan fingerprint density at radius 1 is 1.31 bits per heavy atom. The number of benzene rings is 1. The highest BCUT2D eigenvalue weighted by Gasteiger charge is 2.02. The number of hydrogen-bond donors (Lipinski definition) is 3. The quantitative estimate of drug-likeness (QED) is 0.570. The van der Waals surface area contributed by atoms with Gasteiger partial charge in [-0.15, -0.1) is 0 Å². The molecule has 0 fully saturated rings. The van der Waals surface area contributed by atoms with E-state index >= 15 is 0 Å². The number of nitrogens with two attached hydrogens (primary N) is 1. The molecule has 0 aliphatic carbocycles. The molecule has 0 unspecified atom stereocenters. The first-order valence-electron chi connectivity index (χ1n) is 4.46. The van der Waals surface area contributed by atoms with Gasteiger partial charge in [0.2, 0.25) is 0 Å². The molecule has 4 N–H and O–H groups in total. The molecule has 3 nitrogen and oxygen atoms in total. The van der Waals surface area contributed by atoms with Gasteiger partial charge in [0, 0.05) is 19.1 Å². The van der Waals surface area contributed by atoms with Gasteiger partial charge >= 0.3 is 0 Å². The van der Waals surface area contributed by atoms with Crippen LogP contribution in [0, 0.1) is 0 Å². The third-order valence-corrected chi connectivity index (χ3v) is 1.88. The number of aliphatic hydroxyl groups is 1. The van der Waals surface area contributed by atoms with Gasteiger partial charge in [0.15, 0.2) is 0 Å². The molecule has 0 heterocycles. The molecular formula is C10H16N2O. The monoisotopic (exact) mass is 180 g/mol. The van der Waals surface area contributed by atoms with Crippen molar-refractivity contribution in [1.82, 2.24) is 5.32 Å². The molecule has 0 amide bonds. The topological polar surface area (TPSA) is 58.3 Å². The molecule has 13 heavy (non-hydrogen) atoms. The van der Waals surface area contributed by atoms with Crippen LogP contribution in [0.3, 0.4) is 0 Å². The summed E-state index contributed by atoms with van der Waals surface area (Å²) in [5, 5.41) is 11.6. The van der Waals surface area contributed by atoms with E-state index in [2.05, 4.69) is 5.32 Å². The zero-order valence-electron chi connectivity index (χ0n) is 7.61. The fourth-order valence-electron chi connectivity index (χ4n) is 1.15. The molecule has 0 saturated heterocycles. The van der Waals surface area contributed by atoms with Crippen LogP contribution in [0.2, 0.25) is 0 Å². The van der Waals surface area contributed by atoms with Crippen LogP contribution < -0.4 is 11.1 Å². The van der Waals surface area contributed by atoms with Gasteiger partial charge in [-0.1, -0.05) is 30.3 Å². The average molecular weight is 180 g/mol. The Balaban J connectivity index is 2.35. The van der Waals surface area contributed by atoms with Gasteiger partial charge in [0.25, 0.3) is 0 Å². The summed E-state index contributed by atoms with van der Waals surface area (Å²) in [6.45, 7) is 1.45. The highest BCUT2D eigenvalue weighted by Crippen LogP contribution is 2.07. The van der Waals surface area contributed by atoms with Crippen LogP contribution in [0.5, 0.6) is 0 Å². The maximum absolute atomic E-state index is 8.55. The first kappa shape index (κ1) is 10.2. The highest BCUT2D eigenvalue weighted by atomic mass is 16.3. The fraction of sp³-hybridized carbons (Fsp3) is 0.400. The standard InChI is InChI=1S/C10H16N2O/c11-10(8-12-6-7-13)9-4-2-1-3-5-9/h1-5,10,12-13H,6-8,11H2/t10-/m1/s1. The highest BCUT2D eigenvalue weighted by molar-refractivity contribution is 5.18. The fourth-order valence-corrected chi connectivity index (χ4v) is 1.15. The van der Waals surface area contributed by atoms with Crippen LogP contribution in [0.25, 0.3) is 0 Å². The minimum Gasteiger partial charge on any atom is -0.395 e. The summed E-state index contributed by atoms with van der Waals surface area (Å²) >= 11 is 0. The Kier molecular flexibility index (Phi) is 4.46. The number of rotatable bonds is 5. The molecule has 3 heteroatoms. The third kappa shape index (κ3) is 3.55. The second-order valence-electron chi connectivity index (χ2n) is 2.94. The summed E-state index contributed by atoms with van der Waals surface area (Å²) in [6.07, 6.45) is 0. The van der Waals surface area contributed by atoms with E-state index in [4.69, 9.17) is 10.8 Å². The Morgan fingerprint density at radius 2 is 2.00 bits per heavy atom. The number of aliphatic hydroxyl groups excluding tert-OH is 1. The van der Waals surface area contributed by atoms with E-state index in [1.165, 1.54) is 0 Å². The number of nitrogens with one attached hydrogen (secondary N) is 1. The van der Waals surface area contributed by atoms with Gasteiger partial charge in [-0.3, -0.25) is 0 Å². The van der Waals surface area contributed by atoms with E-state index in [1.54, 1.807) is 0 Å². The first-order valence-corrected chi connectivity index (χ1v) is 4.46. The van der Waals surface area contributed by atoms with Crippen molar-refractivity contribution < 1.29 is 5.11 Å². The predicted molar refractivity (Wildman–Crippen MR) is 53.3 cm³/mol. The molecule has 1 atom stereocenters. The third-order valence-electron chi connectivity index (χ3n) is 1.88. The molecule has 0 aliphatic heterocycles. The molecular weight excluding hydrogens is 164 g/mol. The van der Waals surface area contributed by atoms with Gasteiger partial charge in [-0.25, -0.2) is 0 Å². The summed E-state index contributed by atoms with van der Waals surface area (Å²) < 4.78 is 0. The van der Waals surface area contributed by atoms with Crippen molar-refractivity contribution in [3.05, 3.63) is 35.9 Å². The first-order chi connectivity index (χ1) is 6.34. The lowest BCUT2D eigenvalue weighted by atomic mass is 10.1. The van der Waals surface area contributed by atoms with Crippen LogP contribution in [0.1, 0.15) is 11.6 Å². The molecule has 1 aromatic carbocycles. The molecule has 1 aromatic rings. The maximum atomic E-state index is 8.55. The predicted octanol–water partition coefficient (Wildman–Crippen LogP) is 0.268. The van der Waals surface area contributed by atoms with Gasteiger partial charge in [-0.05, 0) is 5.56 Å². The Bertz CT molecular complexity index is 226. The molecule has 0 aromatic heterocycles. The molecule has 0 spiro atoms. The van der Waals surface area contributed by atoms with Crippen molar-refractivity contribution in [1.29, 1.82) is 0 Å². The molecule has 0 saturated carbocycles. The molecule has 0 aliphatic rings. The summed E-state index contributed by atoms with van der Waals surface area (Å²) in [7, 11) is 0. The normalized spacial score (nSPS) is 12.8. The van der Waals surface area contributed by atoms with Crippen molar-refractivity contribution >= 4 is 0 Å². The lowest BCUT2D eigenvalue weighted by Gasteiger charge is -2.12. The SMILES string of the molecule is N[C@H](CNCCO)c1ccccc1. The van der Waals surface area contributed by atoms with Gasteiger partial charge in [-0.2, -0.15) is 0 Å². The van der Waals surface area contributed by atoms with Crippen molar-refractivity contribution in [2.75, 3.05) is 19.7 Å². The smallest absolute Gasteiger partial charge is 0.0555 e. The minimum absolute atomic E-state index is 0.00718. The zero-order valence-corrected chi connectivity index (χ0v) is 7.61. The van der Waals surface area contributed by atoms with Crippen LogP contribution in [0.4, 0.5) is 0 Å². The number of hydrogen-bond acceptors (Lipinski definition) is 3. The van der Waals surface area contributed by atoms with Crippen molar-refractivity contribution in [3.63, 3.8) is 0 Å². The van der Waals surface area contributed by atoms with Gasteiger partial charge in [0.05, 0.1) is 6.61 Å². The van der Waals surface area contributed by atoms with Crippen LogP contribution in [0.15, 0.2) is 30.3 Å². The van der Waals surface area contributed by atoms with Crippen LogP contribution in [-0.4, -0.2) is 24.8 Å². The molecule has 1 rings (SSSR count). The summed E-state index contributed by atoms with van der Waals surface area (Å²) in [5.74, 6) is 0. The van der Waals surface area contributed by atoms with E-state index in [9.17, 15) is 0 Å². The molecule has 72 valence electrons. The largest absolute Gasteiger partial charge is 0.395 e. The molecule has 0 bridgehead atoms. The van der Waals surface area contributed by atoms with E-state index in [1.807, 2.05) is 30.3 Å². The minimum atomic E-state index is 0.00718. The Hall–Kier alpha value is -0.900. The lowest BCUT2D eigenvalue weighted by Crippen LogP contribution is -2.28. The maximum Gasteiger partial charge on any atom is 0.0555 e. The van der Waals surface area contributed by atoms with Gasteiger partial charge in [0.1, 0.15) is 0 Å². The van der Waals surface area contributed by atoms with E-state index in [-0.39, 0.29) is 12.6 Å². The van der Waals surface area contributed by atoms with Crippen LogP contribution >= 0.6 is 0 Å². The van der Waals surface area contributed by atoms with Crippen LogP contribution in [-0.2, 0) is 0 Å². The average Bonchev–Trinajstić information content (AvgIpc) is 2.19. The Morgan fingerprint density at radius 3 is 2.62 bits per heavy atom. The van der Waals surface area contributed by atoms with Crippen molar-refractivity contribution in [2.45, 2.75) is 6.04 Å². The zero-order chi connectivity index (χ0) is 9.52.